The number of carbonyl (C=O) groups excluding carboxylic acids is 2. The second-order valence-corrected chi connectivity index (χ2v) is 5.48. The monoisotopic (exact) mass is 312 g/mol. The molecule has 2 aromatic rings. The summed E-state index contributed by atoms with van der Waals surface area (Å²) in [4.78, 5) is 26.0. The molecule has 0 spiro atoms. The van der Waals surface area contributed by atoms with Crippen LogP contribution in [0.3, 0.4) is 0 Å². The maximum atomic E-state index is 12.9. The summed E-state index contributed by atoms with van der Waals surface area (Å²) in [6.07, 6.45) is 1.33. The minimum absolute atomic E-state index is 0.0452. The highest BCUT2D eigenvalue weighted by molar-refractivity contribution is 6.05. The normalized spacial score (nSPS) is 14.1. The van der Waals surface area contributed by atoms with Crippen LogP contribution in [0.1, 0.15) is 28.8 Å². The zero-order valence-electron chi connectivity index (χ0n) is 12.6. The first-order valence-corrected chi connectivity index (χ1v) is 7.57. The van der Waals surface area contributed by atoms with Gasteiger partial charge >= 0.3 is 0 Å². The first kappa shape index (κ1) is 15.2. The number of rotatable bonds is 4. The van der Waals surface area contributed by atoms with E-state index < -0.39 is 0 Å². The first-order valence-electron chi connectivity index (χ1n) is 7.57. The molecule has 2 aromatic carbocycles. The number of carbonyl (C=O) groups is 2. The number of para-hydroxylation sites is 1. The summed E-state index contributed by atoms with van der Waals surface area (Å²) in [6.45, 7) is 0.947. The van der Waals surface area contributed by atoms with Gasteiger partial charge in [0.2, 0.25) is 5.91 Å². The van der Waals surface area contributed by atoms with Crippen molar-refractivity contribution in [3.63, 3.8) is 0 Å². The van der Waals surface area contributed by atoms with Crippen molar-refractivity contribution in [3.05, 3.63) is 65.5 Å². The van der Waals surface area contributed by atoms with Gasteiger partial charge in [0, 0.05) is 19.5 Å². The minimum atomic E-state index is -0.307. The Morgan fingerprint density at radius 3 is 2.57 bits per heavy atom. The molecule has 118 valence electrons. The fraction of sp³-hybridized carbons (Fsp3) is 0.222. The second-order valence-electron chi connectivity index (χ2n) is 5.48. The third-order valence-corrected chi connectivity index (χ3v) is 3.88. The number of anilines is 1. The van der Waals surface area contributed by atoms with Gasteiger partial charge < -0.3 is 10.2 Å². The van der Waals surface area contributed by atoms with Crippen LogP contribution in [-0.2, 0) is 11.3 Å². The summed E-state index contributed by atoms with van der Waals surface area (Å²) in [5.74, 6) is -0.508. The summed E-state index contributed by atoms with van der Waals surface area (Å²) in [5, 5.41) is 2.81. The van der Waals surface area contributed by atoms with Crippen LogP contribution in [-0.4, -0.2) is 18.4 Å². The molecule has 0 atom stereocenters. The lowest BCUT2D eigenvalue weighted by molar-refractivity contribution is -0.117. The van der Waals surface area contributed by atoms with Crippen LogP contribution >= 0.6 is 0 Å². The van der Waals surface area contributed by atoms with Crippen molar-refractivity contribution in [2.45, 2.75) is 19.4 Å². The smallest absolute Gasteiger partial charge is 0.253 e. The second kappa shape index (κ2) is 6.60. The van der Waals surface area contributed by atoms with E-state index in [9.17, 15) is 14.0 Å². The molecular formula is C18H17FN2O2. The number of amides is 2. The molecule has 1 heterocycles. The molecule has 1 aliphatic heterocycles. The molecule has 0 aliphatic carbocycles. The van der Waals surface area contributed by atoms with E-state index in [0.29, 0.717) is 30.8 Å². The van der Waals surface area contributed by atoms with Crippen molar-refractivity contribution in [1.29, 1.82) is 0 Å². The van der Waals surface area contributed by atoms with Crippen LogP contribution in [0.4, 0.5) is 10.1 Å². The molecule has 0 unspecified atom stereocenters. The zero-order chi connectivity index (χ0) is 16.2. The molecule has 1 aliphatic rings. The number of hydrogen-bond donors (Lipinski definition) is 1. The van der Waals surface area contributed by atoms with E-state index in [1.807, 2.05) is 6.07 Å². The number of halogens is 1. The van der Waals surface area contributed by atoms with Crippen LogP contribution < -0.4 is 10.2 Å². The Bertz CT molecular complexity index is 728. The van der Waals surface area contributed by atoms with Crippen molar-refractivity contribution in [3.8, 4) is 0 Å². The molecule has 2 amide bonds. The topological polar surface area (TPSA) is 49.4 Å². The van der Waals surface area contributed by atoms with Gasteiger partial charge in [-0.1, -0.05) is 24.3 Å². The quantitative estimate of drug-likeness (QED) is 0.944. The van der Waals surface area contributed by atoms with Crippen LogP contribution in [0.2, 0.25) is 0 Å². The van der Waals surface area contributed by atoms with E-state index in [1.54, 1.807) is 35.2 Å². The molecule has 4 nitrogen and oxygen atoms in total. The maximum absolute atomic E-state index is 12.9. The predicted octanol–water partition coefficient (Wildman–Crippen LogP) is 2.88. The number of nitrogens with zero attached hydrogens (tertiary/aromatic N) is 1. The maximum Gasteiger partial charge on any atom is 0.253 e. The average Bonchev–Trinajstić information content (AvgIpc) is 3.00. The van der Waals surface area contributed by atoms with Gasteiger partial charge in [-0.3, -0.25) is 9.59 Å². The molecule has 0 saturated carbocycles. The Kier molecular flexibility index (Phi) is 4.37. The standard InChI is InChI=1S/C18H17FN2O2/c19-14-9-7-13(8-10-14)12-20-18(23)15-4-1-2-5-16(15)21-11-3-6-17(21)22/h1-2,4-5,7-10H,3,6,11-12H2,(H,20,23). The van der Waals surface area contributed by atoms with Gasteiger partial charge in [0.1, 0.15) is 5.82 Å². The zero-order valence-corrected chi connectivity index (χ0v) is 12.6. The largest absolute Gasteiger partial charge is 0.348 e. The van der Waals surface area contributed by atoms with Gasteiger partial charge in [-0.2, -0.15) is 0 Å². The van der Waals surface area contributed by atoms with Crippen molar-refractivity contribution < 1.29 is 14.0 Å². The highest BCUT2D eigenvalue weighted by Crippen LogP contribution is 2.25. The van der Waals surface area contributed by atoms with Crippen molar-refractivity contribution in [2.24, 2.45) is 0 Å². The molecule has 5 heteroatoms. The molecule has 0 radical (unpaired) electrons. The Morgan fingerprint density at radius 2 is 1.87 bits per heavy atom. The fourth-order valence-electron chi connectivity index (χ4n) is 2.68. The lowest BCUT2D eigenvalue weighted by atomic mass is 10.1. The molecule has 0 aromatic heterocycles. The summed E-state index contributed by atoms with van der Waals surface area (Å²) in [5.41, 5.74) is 1.94. The minimum Gasteiger partial charge on any atom is -0.348 e. The van der Waals surface area contributed by atoms with Gasteiger partial charge in [0.25, 0.3) is 5.91 Å². The third kappa shape index (κ3) is 3.39. The average molecular weight is 312 g/mol. The van der Waals surface area contributed by atoms with E-state index >= 15 is 0 Å². The molecule has 1 fully saturated rings. The van der Waals surface area contributed by atoms with Gasteiger partial charge in [-0.15, -0.1) is 0 Å². The van der Waals surface area contributed by atoms with Crippen LogP contribution in [0, 0.1) is 5.82 Å². The van der Waals surface area contributed by atoms with E-state index in [0.717, 1.165) is 12.0 Å². The van der Waals surface area contributed by atoms with Crippen molar-refractivity contribution in [2.75, 3.05) is 11.4 Å². The first-order chi connectivity index (χ1) is 11.1. The number of nitrogens with one attached hydrogen (secondary N) is 1. The van der Waals surface area contributed by atoms with Crippen molar-refractivity contribution >= 4 is 17.5 Å². The molecule has 1 saturated heterocycles. The highest BCUT2D eigenvalue weighted by atomic mass is 19.1. The van der Waals surface area contributed by atoms with Crippen LogP contribution in [0.15, 0.2) is 48.5 Å². The van der Waals surface area contributed by atoms with Gasteiger partial charge in [-0.25, -0.2) is 4.39 Å². The number of hydrogen-bond acceptors (Lipinski definition) is 2. The van der Waals surface area contributed by atoms with E-state index in [4.69, 9.17) is 0 Å². The number of benzene rings is 2. The fourth-order valence-corrected chi connectivity index (χ4v) is 2.68. The van der Waals surface area contributed by atoms with Gasteiger partial charge in [0.05, 0.1) is 11.3 Å². The molecule has 23 heavy (non-hydrogen) atoms. The molecule has 0 bridgehead atoms. The van der Waals surface area contributed by atoms with E-state index in [1.165, 1.54) is 12.1 Å². The molecular weight excluding hydrogens is 295 g/mol. The summed E-state index contributed by atoms with van der Waals surface area (Å²) >= 11 is 0. The molecule has 1 N–H and O–H groups in total. The van der Waals surface area contributed by atoms with Gasteiger partial charge in [0.15, 0.2) is 0 Å². The Morgan fingerprint density at radius 1 is 1.13 bits per heavy atom. The lowest BCUT2D eigenvalue weighted by Crippen LogP contribution is -2.29. The van der Waals surface area contributed by atoms with Gasteiger partial charge in [-0.05, 0) is 36.2 Å². The summed E-state index contributed by atoms with van der Waals surface area (Å²) < 4.78 is 12.9. The van der Waals surface area contributed by atoms with E-state index in [-0.39, 0.29) is 17.6 Å². The highest BCUT2D eigenvalue weighted by Gasteiger charge is 2.25. The Labute approximate surface area is 133 Å². The molecule has 3 rings (SSSR count). The third-order valence-electron chi connectivity index (χ3n) is 3.88. The van der Waals surface area contributed by atoms with Crippen molar-refractivity contribution in [1.82, 2.24) is 5.32 Å². The Balaban J connectivity index is 1.74. The summed E-state index contributed by atoms with van der Waals surface area (Å²) in [6, 6.07) is 13.1. The SMILES string of the molecule is O=C(NCc1ccc(F)cc1)c1ccccc1N1CCCC1=O. The summed E-state index contributed by atoms with van der Waals surface area (Å²) in [7, 11) is 0. The Hall–Kier alpha value is -2.69. The van der Waals surface area contributed by atoms with Crippen LogP contribution in [0.5, 0.6) is 0 Å². The van der Waals surface area contributed by atoms with E-state index in [2.05, 4.69) is 5.32 Å². The predicted molar refractivity (Wildman–Crippen MR) is 85.6 cm³/mol. The van der Waals surface area contributed by atoms with Crippen LogP contribution in [0.25, 0.3) is 0 Å². The lowest BCUT2D eigenvalue weighted by Gasteiger charge is -2.19.